The number of hydrogen-bond donors (Lipinski definition) is 1. The molecular formula is C18H23N5O3. The highest BCUT2D eigenvalue weighted by Gasteiger charge is 2.22. The molecule has 8 nitrogen and oxygen atoms in total. The number of carbonyl (C=O) groups is 2. The molecule has 1 aliphatic rings. The van der Waals surface area contributed by atoms with Crippen molar-refractivity contribution >= 4 is 22.7 Å². The smallest absolute Gasteiger partial charge is 0.261 e. The van der Waals surface area contributed by atoms with E-state index in [4.69, 9.17) is 0 Å². The van der Waals surface area contributed by atoms with Gasteiger partial charge in [0, 0.05) is 46.2 Å². The summed E-state index contributed by atoms with van der Waals surface area (Å²) < 4.78 is 1.49. The molecule has 138 valence electrons. The quantitative estimate of drug-likeness (QED) is 0.792. The Balaban J connectivity index is 1.54. The monoisotopic (exact) mass is 357 g/mol. The fraction of sp³-hybridized carbons (Fsp3) is 0.444. The zero-order valence-electron chi connectivity index (χ0n) is 14.9. The minimum Gasteiger partial charge on any atom is -0.358 e. The van der Waals surface area contributed by atoms with Crippen molar-refractivity contribution in [3.05, 3.63) is 40.9 Å². The lowest BCUT2D eigenvalue weighted by Crippen LogP contribution is -2.51. The zero-order valence-corrected chi connectivity index (χ0v) is 14.9. The predicted molar refractivity (Wildman–Crippen MR) is 97.7 cm³/mol. The van der Waals surface area contributed by atoms with Crippen LogP contribution in [0.15, 0.2) is 35.4 Å². The van der Waals surface area contributed by atoms with Crippen molar-refractivity contribution in [2.45, 2.75) is 13.0 Å². The summed E-state index contributed by atoms with van der Waals surface area (Å²) in [5, 5.41) is 3.16. The van der Waals surface area contributed by atoms with E-state index in [0.29, 0.717) is 50.2 Å². The molecule has 2 aromatic rings. The number of aromatic nitrogens is 2. The van der Waals surface area contributed by atoms with Crippen LogP contribution in [0.1, 0.15) is 6.42 Å². The molecule has 1 aromatic carbocycles. The molecule has 0 atom stereocenters. The van der Waals surface area contributed by atoms with Gasteiger partial charge in [0.05, 0.1) is 23.8 Å². The van der Waals surface area contributed by atoms with E-state index in [9.17, 15) is 14.4 Å². The minimum absolute atomic E-state index is 0.0182. The van der Waals surface area contributed by atoms with Gasteiger partial charge in [0.1, 0.15) is 0 Å². The third-order valence-corrected chi connectivity index (χ3v) is 4.67. The second-order valence-electron chi connectivity index (χ2n) is 6.34. The summed E-state index contributed by atoms with van der Waals surface area (Å²) in [4.78, 5) is 44.4. The van der Waals surface area contributed by atoms with Gasteiger partial charge in [0.15, 0.2) is 0 Å². The Labute approximate surface area is 151 Å². The van der Waals surface area contributed by atoms with Crippen LogP contribution in [0.25, 0.3) is 10.9 Å². The summed E-state index contributed by atoms with van der Waals surface area (Å²) in [5.41, 5.74) is 0.533. The fourth-order valence-electron chi connectivity index (χ4n) is 3.08. The Morgan fingerprint density at radius 2 is 1.88 bits per heavy atom. The van der Waals surface area contributed by atoms with Crippen LogP contribution in [-0.2, 0) is 16.1 Å². The maximum atomic E-state index is 12.4. The Kier molecular flexibility index (Phi) is 5.62. The van der Waals surface area contributed by atoms with Crippen molar-refractivity contribution in [3.8, 4) is 0 Å². The van der Waals surface area contributed by atoms with E-state index in [2.05, 4.69) is 10.3 Å². The Bertz CT molecular complexity index is 855. The number of benzene rings is 1. The number of nitrogens with zero attached hydrogens (tertiary/aromatic N) is 4. The summed E-state index contributed by atoms with van der Waals surface area (Å²) >= 11 is 0. The molecule has 0 spiro atoms. The van der Waals surface area contributed by atoms with E-state index >= 15 is 0 Å². The first kappa shape index (κ1) is 18.1. The number of para-hydroxylation sites is 1. The van der Waals surface area contributed by atoms with E-state index < -0.39 is 0 Å². The summed E-state index contributed by atoms with van der Waals surface area (Å²) in [6.45, 7) is 3.22. The van der Waals surface area contributed by atoms with Crippen LogP contribution in [0.5, 0.6) is 0 Å². The summed E-state index contributed by atoms with van der Waals surface area (Å²) in [7, 11) is 1.62. The molecule has 0 aliphatic carbocycles. The number of nitrogens with one attached hydrogen (secondary N) is 1. The van der Waals surface area contributed by atoms with Crippen LogP contribution in [0, 0.1) is 0 Å². The van der Waals surface area contributed by atoms with E-state index in [1.54, 1.807) is 30.1 Å². The van der Waals surface area contributed by atoms with Gasteiger partial charge >= 0.3 is 0 Å². The highest BCUT2D eigenvalue weighted by atomic mass is 16.2. The van der Waals surface area contributed by atoms with Gasteiger partial charge in [0.25, 0.3) is 5.56 Å². The molecule has 3 rings (SSSR count). The van der Waals surface area contributed by atoms with E-state index in [1.165, 1.54) is 10.9 Å². The van der Waals surface area contributed by atoms with Gasteiger partial charge in [-0.05, 0) is 12.1 Å². The van der Waals surface area contributed by atoms with Crippen LogP contribution in [0.2, 0.25) is 0 Å². The van der Waals surface area contributed by atoms with Crippen LogP contribution < -0.4 is 10.9 Å². The van der Waals surface area contributed by atoms with Crippen LogP contribution in [0.3, 0.4) is 0 Å². The van der Waals surface area contributed by atoms with Gasteiger partial charge in [-0.25, -0.2) is 4.98 Å². The molecule has 1 N–H and O–H groups in total. The number of fused-ring (bicyclic) bond motifs is 1. The lowest BCUT2D eigenvalue weighted by molar-refractivity contribution is -0.133. The maximum Gasteiger partial charge on any atom is 0.261 e. The molecule has 0 bridgehead atoms. The first-order valence-electron chi connectivity index (χ1n) is 8.73. The predicted octanol–water partition coefficient (Wildman–Crippen LogP) is -0.323. The normalized spacial score (nSPS) is 15.2. The second-order valence-corrected chi connectivity index (χ2v) is 6.34. The Morgan fingerprint density at radius 3 is 2.62 bits per heavy atom. The SMILES string of the molecule is CNC(=O)CN1CCN(C(=O)CCn2cnc3ccccc3c2=O)CC1. The summed E-state index contributed by atoms with van der Waals surface area (Å²) in [5.74, 6) is -0.00222. The van der Waals surface area contributed by atoms with Crippen LogP contribution in [0.4, 0.5) is 0 Å². The van der Waals surface area contributed by atoms with Gasteiger partial charge in [-0.2, -0.15) is 0 Å². The zero-order chi connectivity index (χ0) is 18.5. The van der Waals surface area contributed by atoms with E-state index in [0.717, 1.165) is 0 Å². The van der Waals surface area contributed by atoms with Crippen molar-refractivity contribution in [2.24, 2.45) is 0 Å². The molecule has 1 aliphatic heterocycles. The first-order valence-corrected chi connectivity index (χ1v) is 8.73. The van der Waals surface area contributed by atoms with Crippen LogP contribution >= 0.6 is 0 Å². The third kappa shape index (κ3) is 4.08. The van der Waals surface area contributed by atoms with Crippen molar-refractivity contribution in [2.75, 3.05) is 39.8 Å². The highest BCUT2D eigenvalue weighted by Crippen LogP contribution is 2.07. The maximum absolute atomic E-state index is 12.4. The first-order chi connectivity index (χ1) is 12.6. The number of likely N-dealkylation sites (N-methyl/N-ethyl adjacent to an activating group) is 1. The molecule has 1 aromatic heterocycles. The minimum atomic E-state index is -0.126. The third-order valence-electron chi connectivity index (χ3n) is 4.67. The molecule has 0 radical (unpaired) electrons. The topological polar surface area (TPSA) is 87.5 Å². The standard InChI is InChI=1S/C18H23N5O3/c1-19-16(24)12-21-8-10-22(11-9-21)17(25)6-7-23-13-20-15-5-3-2-4-14(15)18(23)26/h2-5,13H,6-12H2,1H3,(H,19,24). The van der Waals surface area contributed by atoms with Crippen molar-refractivity contribution in [3.63, 3.8) is 0 Å². The number of piperazine rings is 1. The molecule has 2 amide bonds. The second kappa shape index (κ2) is 8.09. The fourth-order valence-corrected chi connectivity index (χ4v) is 3.08. The van der Waals surface area contributed by atoms with Gasteiger partial charge in [-0.15, -0.1) is 0 Å². The molecule has 0 unspecified atom stereocenters. The molecule has 1 fully saturated rings. The van der Waals surface area contributed by atoms with Crippen molar-refractivity contribution in [1.82, 2.24) is 24.7 Å². The average Bonchev–Trinajstić information content (AvgIpc) is 2.68. The van der Waals surface area contributed by atoms with Gasteiger partial charge < -0.3 is 10.2 Å². The molecule has 1 saturated heterocycles. The molecular weight excluding hydrogens is 334 g/mol. The Morgan fingerprint density at radius 1 is 1.15 bits per heavy atom. The molecule has 0 saturated carbocycles. The van der Waals surface area contributed by atoms with Gasteiger partial charge in [-0.1, -0.05) is 12.1 Å². The lowest BCUT2D eigenvalue weighted by atomic mass is 10.2. The van der Waals surface area contributed by atoms with E-state index in [1.807, 2.05) is 11.0 Å². The summed E-state index contributed by atoms with van der Waals surface area (Å²) in [6, 6.07) is 7.19. The van der Waals surface area contributed by atoms with Crippen LogP contribution in [-0.4, -0.2) is 70.9 Å². The number of rotatable bonds is 5. The largest absolute Gasteiger partial charge is 0.358 e. The average molecular weight is 357 g/mol. The van der Waals surface area contributed by atoms with E-state index in [-0.39, 0.29) is 23.8 Å². The van der Waals surface area contributed by atoms with Gasteiger partial charge in [-0.3, -0.25) is 23.9 Å². The van der Waals surface area contributed by atoms with Gasteiger partial charge in [0.2, 0.25) is 11.8 Å². The number of hydrogen-bond acceptors (Lipinski definition) is 5. The van der Waals surface area contributed by atoms with Crippen molar-refractivity contribution < 1.29 is 9.59 Å². The molecule has 26 heavy (non-hydrogen) atoms. The number of amides is 2. The molecule has 8 heteroatoms. The lowest BCUT2D eigenvalue weighted by Gasteiger charge is -2.34. The number of carbonyl (C=O) groups excluding carboxylic acids is 2. The Hall–Kier alpha value is -2.74. The summed E-state index contributed by atoms with van der Waals surface area (Å²) in [6.07, 6.45) is 1.76. The van der Waals surface area contributed by atoms with Crippen molar-refractivity contribution in [1.29, 1.82) is 0 Å². The highest BCUT2D eigenvalue weighted by molar-refractivity contribution is 5.78. The molecule has 2 heterocycles. The number of aryl methyl sites for hydroxylation is 1.